The minimum Gasteiger partial charge on any atom is -0.490 e. The highest BCUT2D eigenvalue weighted by molar-refractivity contribution is 8.27. The van der Waals surface area contributed by atoms with E-state index in [2.05, 4.69) is 16.2 Å². The monoisotopic (exact) mass is 537 g/mol. The standard InChI is InChI=1S/C29H23N5O4S/c1-2-36-25-15-19(12-13-24(25)38-17-21-9-7-6-8-20(21)16-30)14-23-27(31)34-29(32-28(23)35)39-26(33-34)18-37-22-10-4-3-5-11-22/h3-15,31H,2,17-18H2,1H3. The van der Waals surface area contributed by atoms with Crippen molar-refractivity contribution < 1.29 is 19.0 Å². The zero-order valence-electron chi connectivity index (χ0n) is 21.0. The number of amides is 1. The predicted molar refractivity (Wildman–Crippen MR) is 150 cm³/mol. The Bertz CT molecular complexity index is 1560. The molecule has 0 bridgehead atoms. The molecule has 39 heavy (non-hydrogen) atoms. The highest BCUT2D eigenvalue weighted by Gasteiger charge is 2.35. The molecule has 2 aliphatic heterocycles. The quantitative estimate of drug-likeness (QED) is 0.371. The number of nitriles is 1. The first kappa shape index (κ1) is 25.8. The van der Waals surface area contributed by atoms with Crippen LogP contribution in [0.2, 0.25) is 0 Å². The van der Waals surface area contributed by atoms with Gasteiger partial charge in [0.15, 0.2) is 17.3 Å². The SMILES string of the molecule is CCOc1cc(C=C2C(=N)N3N=C(COc4ccccc4)SC3=NC2=O)ccc1OCc1ccccc1C#N. The Morgan fingerprint density at radius 2 is 1.79 bits per heavy atom. The van der Waals surface area contributed by atoms with Gasteiger partial charge in [0.2, 0.25) is 5.17 Å². The van der Waals surface area contributed by atoms with E-state index in [0.29, 0.717) is 45.2 Å². The van der Waals surface area contributed by atoms with Crippen LogP contribution in [0.5, 0.6) is 17.2 Å². The molecule has 5 rings (SSSR count). The van der Waals surface area contributed by atoms with E-state index >= 15 is 0 Å². The Hall–Kier alpha value is -4.88. The van der Waals surface area contributed by atoms with Gasteiger partial charge in [-0.2, -0.15) is 20.4 Å². The molecule has 0 unspecified atom stereocenters. The lowest BCUT2D eigenvalue weighted by Gasteiger charge is -2.20. The Balaban J connectivity index is 1.33. The number of ether oxygens (including phenoxy) is 3. The first-order valence-electron chi connectivity index (χ1n) is 12.1. The van der Waals surface area contributed by atoms with E-state index in [1.165, 1.54) is 16.8 Å². The number of nitrogens with one attached hydrogen (secondary N) is 1. The summed E-state index contributed by atoms with van der Waals surface area (Å²) in [5.74, 6) is 1.09. The van der Waals surface area contributed by atoms with Gasteiger partial charge in [-0.05, 0) is 60.7 Å². The summed E-state index contributed by atoms with van der Waals surface area (Å²) in [6, 6.07) is 24.0. The first-order chi connectivity index (χ1) is 19.1. The fraction of sp³-hybridized carbons (Fsp3) is 0.138. The fourth-order valence-electron chi connectivity index (χ4n) is 3.83. The van der Waals surface area contributed by atoms with Gasteiger partial charge in [0, 0.05) is 5.56 Å². The van der Waals surface area contributed by atoms with E-state index in [1.54, 1.807) is 36.4 Å². The topological polar surface area (TPSA) is 120 Å². The van der Waals surface area contributed by atoms with Crippen molar-refractivity contribution >= 4 is 39.8 Å². The Labute approximate surface area is 229 Å². The van der Waals surface area contributed by atoms with Crippen LogP contribution in [-0.4, -0.2) is 40.2 Å². The average molecular weight is 538 g/mol. The van der Waals surface area contributed by atoms with Crippen molar-refractivity contribution in [2.75, 3.05) is 13.2 Å². The number of hydrazone groups is 1. The number of nitrogens with zero attached hydrogens (tertiary/aromatic N) is 4. The van der Waals surface area contributed by atoms with Crippen LogP contribution in [0.25, 0.3) is 6.08 Å². The lowest BCUT2D eigenvalue weighted by atomic mass is 10.1. The van der Waals surface area contributed by atoms with Crippen LogP contribution < -0.4 is 14.2 Å². The Morgan fingerprint density at radius 3 is 2.59 bits per heavy atom. The van der Waals surface area contributed by atoms with E-state index in [0.717, 1.165) is 5.56 Å². The number of amidine groups is 2. The Kier molecular flexibility index (Phi) is 7.70. The number of benzene rings is 3. The molecule has 9 nitrogen and oxygen atoms in total. The Morgan fingerprint density at radius 1 is 1.00 bits per heavy atom. The van der Waals surface area contributed by atoms with Crippen molar-refractivity contribution in [3.8, 4) is 23.3 Å². The average Bonchev–Trinajstić information content (AvgIpc) is 3.37. The summed E-state index contributed by atoms with van der Waals surface area (Å²) in [6.07, 6.45) is 1.58. The zero-order valence-corrected chi connectivity index (χ0v) is 21.8. The van der Waals surface area contributed by atoms with Crippen LogP contribution in [0.3, 0.4) is 0 Å². The number of hydrogen-bond donors (Lipinski definition) is 1. The molecule has 3 aromatic carbocycles. The molecule has 0 spiro atoms. The summed E-state index contributed by atoms with van der Waals surface area (Å²) in [4.78, 5) is 17.0. The third-order valence-corrected chi connectivity index (χ3v) is 6.58. The number of thioether (sulfide) groups is 1. The normalized spacial score (nSPS) is 15.4. The van der Waals surface area contributed by atoms with Crippen LogP contribution in [-0.2, 0) is 11.4 Å². The van der Waals surface area contributed by atoms with Crippen LogP contribution >= 0.6 is 11.8 Å². The molecule has 194 valence electrons. The van der Waals surface area contributed by atoms with E-state index in [-0.39, 0.29) is 24.6 Å². The highest BCUT2D eigenvalue weighted by Crippen LogP contribution is 2.32. The van der Waals surface area contributed by atoms with Crippen molar-refractivity contribution in [3.63, 3.8) is 0 Å². The fourth-order valence-corrected chi connectivity index (χ4v) is 4.63. The number of para-hydroxylation sites is 1. The third-order valence-electron chi connectivity index (χ3n) is 5.70. The van der Waals surface area contributed by atoms with Gasteiger partial charge >= 0.3 is 0 Å². The molecule has 1 N–H and O–H groups in total. The third kappa shape index (κ3) is 5.84. The number of fused-ring (bicyclic) bond motifs is 1. The molecular formula is C29H23N5O4S. The lowest BCUT2D eigenvalue weighted by Crippen LogP contribution is -2.35. The minimum absolute atomic E-state index is 0.0707. The van der Waals surface area contributed by atoms with Gasteiger partial charge in [-0.25, -0.2) is 0 Å². The number of carbonyl (C=O) groups excluding carboxylic acids is 1. The molecule has 2 aliphatic rings. The summed E-state index contributed by atoms with van der Waals surface area (Å²) in [5.41, 5.74) is 2.05. The van der Waals surface area contributed by atoms with Crippen molar-refractivity contribution in [3.05, 3.63) is 95.1 Å². The number of carbonyl (C=O) groups is 1. The second-order valence-corrected chi connectivity index (χ2v) is 9.35. The number of rotatable bonds is 9. The van der Waals surface area contributed by atoms with Crippen LogP contribution in [0.15, 0.2) is 88.5 Å². The second-order valence-electron chi connectivity index (χ2n) is 8.31. The highest BCUT2D eigenvalue weighted by atomic mass is 32.2. The molecule has 2 heterocycles. The van der Waals surface area contributed by atoms with Crippen LogP contribution in [0, 0.1) is 16.7 Å². The molecular weight excluding hydrogens is 514 g/mol. The summed E-state index contributed by atoms with van der Waals surface area (Å²) in [6.45, 7) is 2.66. The van der Waals surface area contributed by atoms with Gasteiger partial charge in [0.25, 0.3) is 5.91 Å². The van der Waals surface area contributed by atoms with Crippen molar-refractivity contribution in [1.29, 1.82) is 10.7 Å². The molecule has 0 fully saturated rings. The molecule has 10 heteroatoms. The minimum atomic E-state index is -0.523. The molecule has 0 radical (unpaired) electrons. The second kappa shape index (κ2) is 11.7. The maximum atomic E-state index is 12.8. The molecule has 0 aliphatic carbocycles. The summed E-state index contributed by atoms with van der Waals surface area (Å²) in [7, 11) is 0. The largest absolute Gasteiger partial charge is 0.490 e. The smallest absolute Gasteiger partial charge is 0.283 e. The molecule has 0 saturated carbocycles. The van der Waals surface area contributed by atoms with Gasteiger partial charge in [-0.3, -0.25) is 10.2 Å². The van der Waals surface area contributed by atoms with E-state index in [1.807, 2.05) is 49.4 Å². The van der Waals surface area contributed by atoms with E-state index in [4.69, 9.17) is 19.6 Å². The molecule has 1 amide bonds. The number of hydrogen-bond acceptors (Lipinski definition) is 8. The van der Waals surface area contributed by atoms with Gasteiger partial charge in [-0.15, -0.1) is 0 Å². The molecule has 0 aromatic heterocycles. The van der Waals surface area contributed by atoms with Crippen LogP contribution in [0.4, 0.5) is 0 Å². The van der Waals surface area contributed by atoms with Gasteiger partial charge < -0.3 is 14.2 Å². The maximum Gasteiger partial charge on any atom is 0.283 e. The van der Waals surface area contributed by atoms with Crippen LogP contribution in [0.1, 0.15) is 23.6 Å². The van der Waals surface area contributed by atoms with Crippen molar-refractivity contribution in [2.24, 2.45) is 10.1 Å². The van der Waals surface area contributed by atoms with Gasteiger partial charge in [0.05, 0.1) is 23.8 Å². The lowest BCUT2D eigenvalue weighted by molar-refractivity contribution is -0.114. The summed E-state index contributed by atoms with van der Waals surface area (Å²) < 4.78 is 17.5. The summed E-state index contributed by atoms with van der Waals surface area (Å²) in [5, 5.41) is 24.6. The van der Waals surface area contributed by atoms with Crippen molar-refractivity contribution in [1.82, 2.24) is 5.01 Å². The molecule has 0 saturated heterocycles. The van der Waals surface area contributed by atoms with E-state index in [9.17, 15) is 10.1 Å². The van der Waals surface area contributed by atoms with Gasteiger partial charge in [-0.1, -0.05) is 42.5 Å². The molecule has 3 aromatic rings. The van der Waals surface area contributed by atoms with Gasteiger partial charge in [0.1, 0.15) is 24.0 Å². The van der Waals surface area contributed by atoms with Crippen molar-refractivity contribution in [2.45, 2.75) is 13.5 Å². The zero-order chi connectivity index (χ0) is 27.2. The number of aliphatic imine (C=N–C) groups is 1. The molecule has 0 atom stereocenters. The summed E-state index contributed by atoms with van der Waals surface area (Å²) >= 11 is 1.20. The maximum absolute atomic E-state index is 12.8. The van der Waals surface area contributed by atoms with E-state index < -0.39 is 5.91 Å². The predicted octanol–water partition coefficient (Wildman–Crippen LogP) is 5.23. The first-order valence-corrected chi connectivity index (χ1v) is 12.9.